The van der Waals surface area contributed by atoms with Crippen molar-refractivity contribution >= 4 is 28.7 Å². The van der Waals surface area contributed by atoms with Crippen molar-refractivity contribution in [2.45, 2.75) is 20.0 Å². The molecule has 0 saturated carbocycles. The fourth-order valence-electron chi connectivity index (χ4n) is 1.76. The number of halogens is 1. The Morgan fingerprint density at radius 2 is 2.00 bits per heavy atom. The zero-order valence-electron chi connectivity index (χ0n) is 11.5. The third kappa shape index (κ3) is 3.32. The van der Waals surface area contributed by atoms with Crippen molar-refractivity contribution in [3.63, 3.8) is 0 Å². The minimum Gasteiger partial charge on any atom is -0.493 e. The predicted molar refractivity (Wildman–Crippen MR) is 81.5 cm³/mol. The summed E-state index contributed by atoms with van der Waals surface area (Å²) in [5.41, 5.74) is 1.07. The van der Waals surface area contributed by atoms with Gasteiger partial charge in [0.25, 0.3) is 0 Å². The number of carbonyl (C=O) groups excluding carboxylic acids is 1. The number of ketones is 1. The van der Waals surface area contributed by atoms with E-state index in [4.69, 9.17) is 21.1 Å². The highest BCUT2D eigenvalue weighted by atomic mass is 35.5. The average molecular weight is 311 g/mol. The first-order valence-electron chi connectivity index (χ1n) is 6.12. The lowest BCUT2D eigenvalue weighted by Crippen LogP contribution is -2.23. The summed E-state index contributed by atoms with van der Waals surface area (Å²) in [6.45, 7) is 3.68. The Bertz CT molecular complexity index is 621. The van der Waals surface area contributed by atoms with Gasteiger partial charge in [0, 0.05) is 0 Å². The number of rotatable bonds is 5. The Balaban J connectivity index is 2.15. The van der Waals surface area contributed by atoms with Gasteiger partial charge < -0.3 is 9.47 Å². The Kier molecular flexibility index (Phi) is 4.68. The summed E-state index contributed by atoms with van der Waals surface area (Å²) in [7, 11) is 1.58. The summed E-state index contributed by atoms with van der Waals surface area (Å²) in [5, 5.41) is 0. The van der Waals surface area contributed by atoms with Gasteiger partial charge in [-0.05, 0) is 43.7 Å². The van der Waals surface area contributed by atoms with Crippen molar-refractivity contribution in [2.24, 2.45) is 0 Å². The van der Waals surface area contributed by atoms with Gasteiger partial charge in [0.1, 0.15) is 0 Å². The molecule has 0 saturated heterocycles. The van der Waals surface area contributed by atoms with Crippen molar-refractivity contribution in [3.05, 3.63) is 45.1 Å². The first-order valence-corrected chi connectivity index (χ1v) is 7.31. The molecule has 1 aromatic carbocycles. The lowest BCUT2D eigenvalue weighted by Gasteiger charge is -2.15. The Hall–Kier alpha value is -1.52. The van der Waals surface area contributed by atoms with Crippen molar-refractivity contribution in [2.75, 3.05) is 7.11 Å². The third-order valence-electron chi connectivity index (χ3n) is 2.81. The molecule has 0 spiro atoms. The molecular formula is C15H15ClO3S. The van der Waals surface area contributed by atoms with Crippen LogP contribution < -0.4 is 9.47 Å². The minimum absolute atomic E-state index is 0.0930. The maximum Gasteiger partial charge on any atom is 0.212 e. The SMILES string of the molecule is COc1cc(C)ccc1OC(C)C(=O)c1ccc(Cl)s1. The van der Waals surface area contributed by atoms with E-state index in [1.54, 1.807) is 32.2 Å². The highest BCUT2D eigenvalue weighted by Crippen LogP contribution is 2.30. The third-order valence-corrected chi connectivity index (χ3v) is 4.05. The summed E-state index contributed by atoms with van der Waals surface area (Å²) in [4.78, 5) is 12.8. The van der Waals surface area contributed by atoms with Crippen LogP contribution in [0.4, 0.5) is 0 Å². The second-order valence-corrected chi connectivity index (χ2v) is 6.10. The zero-order valence-corrected chi connectivity index (χ0v) is 13.0. The molecule has 0 aliphatic heterocycles. The molecule has 0 radical (unpaired) electrons. The fraction of sp³-hybridized carbons (Fsp3) is 0.267. The number of carbonyl (C=O) groups is 1. The van der Waals surface area contributed by atoms with E-state index in [2.05, 4.69) is 0 Å². The van der Waals surface area contributed by atoms with E-state index >= 15 is 0 Å². The number of aryl methyl sites for hydroxylation is 1. The molecule has 0 amide bonds. The smallest absolute Gasteiger partial charge is 0.212 e. The van der Waals surface area contributed by atoms with E-state index in [1.807, 2.05) is 19.1 Å². The van der Waals surface area contributed by atoms with Crippen LogP contribution in [-0.4, -0.2) is 19.0 Å². The van der Waals surface area contributed by atoms with Gasteiger partial charge in [-0.1, -0.05) is 17.7 Å². The Morgan fingerprint density at radius 3 is 2.60 bits per heavy atom. The van der Waals surface area contributed by atoms with E-state index < -0.39 is 6.10 Å². The quantitative estimate of drug-likeness (QED) is 0.769. The van der Waals surface area contributed by atoms with Crippen LogP contribution in [0, 0.1) is 6.92 Å². The normalized spacial score (nSPS) is 12.0. The van der Waals surface area contributed by atoms with Crippen LogP contribution in [0.1, 0.15) is 22.2 Å². The monoisotopic (exact) mass is 310 g/mol. The first kappa shape index (κ1) is 14.9. The molecule has 2 aromatic rings. The maximum absolute atomic E-state index is 12.2. The van der Waals surface area contributed by atoms with Crippen molar-refractivity contribution in [1.29, 1.82) is 0 Å². The van der Waals surface area contributed by atoms with Crippen molar-refractivity contribution < 1.29 is 14.3 Å². The van der Waals surface area contributed by atoms with Gasteiger partial charge in [0.2, 0.25) is 5.78 Å². The number of thiophene rings is 1. The molecule has 1 heterocycles. The van der Waals surface area contributed by atoms with Crippen LogP contribution in [0.25, 0.3) is 0 Å². The van der Waals surface area contributed by atoms with Crippen LogP contribution in [-0.2, 0) is 0 Å². The van der Waals surface area contributed by atoms with Crippen LogP contribution in [0.5, 0.6) is 11.5 Å². The number of benzene rings is 1. The van der Waals surface area contributed by atoms with Gasteiger partial charge in [0.05, 0.1) is 16.3 Å². The second kappa shape index (κ2) is 6.29. The number of hydrogen-bond acceptors (Lipinski definition) is 4. The van der Waals surface area contributed by atoms with Gasteiger partial charge in [-0.15, -0.1) is 11.3 Å². The van der Waals surface area contributed by atoms with Gasteiger partial charge in [-0.25, -0.2) is 0 Å². The molecule has 0 fully saturated rings. The molecular weight excluding hydrogens is 296 g/mol. The number of hydrogen-bond donors (Lipinski definition) is 0. The van der Waals surface area contributed by atoms with Crippen LogP contribution >= 0.6 is 22.9 Å². The van der Waals surface area contributed by atoms with Crippen LogP contribution in [0.2, 0.25) is 4.34 Å². The number of methoxy groups -OCH3 is 1. The molecule has 0 bridgehead atoms. The summed E-state index contributed by atoms with van der Waals surface area (Å²) in [6, 6.07) is 9.01. The zero-order chi connectivity index (χ0) is 14.7. The summed E-state index contributed by atoms with van der Waals surface area (Å²) >= 11 is 7.09. The van der Waals surface area contributed by atoms with E-state index in [1.165, 1.54) is 11.3 Å². The topological polar surface area (TPSA) is 35.5 Å². The molecule has 0 aliphatic rings. The van der Waals surface area contributed by atoms with E-state index in [0.717, 1.165) is 5.56 Å². The standard InChI is InChI=1S/C15H15ClO3S/c1-9-4-5-11(12(8-9)18-3)19-10(2)15(17)13-6-7-14(16)20-13/h4-8,10H,1-3H3. The number of ether oxygens (including phenoxy) is 2. The second-order valence-electron chi connectivity index (χ2n) is 4.38. The summed E-state index contributed by atoms with van der Waals surface area (Å²) in [5.74, 6) is 1.08. The van der Waals surface area contributed by atoms with E-state index in [0.29, 0.717) is 20.7 Å². The summed E-state index contributed by atoms with van der Waals surface area (Å²) in [6.07, 6.45) is -0.596. The van der Waals surface area contributed by atoms with Gasteiger partial charge in [-0.3, -0.25) is 4.79 Å². The summed E-state index contributed by atoms with van der Waals surface area (Å²) < 4.78 is 11.6. The lowest BCUT2D eigenvalue weighted by atomic mass is 10.2. The fourth-order valence-corrected chi connectivity index (χ4v) is 2.82. The van der Waals surface area contributed by atoms with Crippen molar-refractivity contribution in [1.82, 2.24) is 0 Å². The lowest BCUT2D eigenvalue weighted by molar-refractivity contribution is 0.0818. The molecule has 1 atom stereocenters. The molecule has 0 aliphatic carbocycles. The molecule has 20 heavy (non-hydrogen) atoms. The van der Waals surface area contributed by atoms with Crippen LogP contribution in [0.3, 0.4) is 0 Å². The maximum atomic E-state index is 12.2. The molecule has 5 heteroatoms. The minimum atomic E-state index is -0.596. The molecule has 3 nitrogen and oxygen atoms in total. The highest BCUT2D eigenvalue weighted by Gasteiger charge is 2.20. The predicted octanol–water partition coefficient (Wildman–Crippen LogP) is 4.37. The molecule has 1 unspecified atom stereocenters. The number of Topliss-reactive ketones (excluding diaryl/α,β-unsaturated/α-hetero) is 1. The average Bonchev–Trinajstić information content (AvgIpc) is 2.86. The molecule has 0 N–H and O–H groups in total. The first-order chi connectivity index (χ1) is 9.51. The largest absolute Gasteiger partial charge is 0.493 e. The van der Waals surface area contributed by atoms with Crippen molar-refractivity contribution in [3.8, 4) is 11.5 Å². The van der Waals surface area contributed by atoms with E-state index in [9.17, 15) is 4.79 Å². The molecule has 2 rings (SSSR count). The Labute approximate surface area is 127 Å². The van der Waals surface area contributed by atoms with E-state index in [-0.39, 0.29) is 5.78 Å². The molecule has 106 valence electrons. The Morgan fingerprint density at radius 1 is 1.25 bits per heavy atom. The van der Waals surface area contributed by atoms with Gasteiger partial charge >= 0.3 is 0 Å². The van der Waals surface area contributed by atoms with Gasteiger partial charge in [-0.2, -0.15) is 0 Å². The highest BCUT2D eigenvalue weighted by molar-refractivity contribution is 7.18. The van der Waals surface area contributed by atoms with Gasteiger partial charge in [0.15, 0.2) is 17.6 Å². The molecule has 1 aromatic heterocycles. The van der Waals surface area contributed by atoms with Crippen LogP contribution in [0.15, 0.2) is 30.3 Å².